The fourth-order valence-corrected chi connectivity index (χ4v) is 2.35. The molecule has 0 spiro atoms. The van der Waals surface area contributed by atoms with E-state index in [0.717, 1.165) is 49.1 Å². The van der Waals surface area contributed by atoms with Crippen molar-refractivity contribution in [2.45, 2.75) is 12.8 Å². The maximum Gasteiger partial charge on any atom is 0.225 e. The van der Waals surface area contributed by atoms with E-state index in [2.05, 4.69) is 14.9 Å². The third kappa shape index (κ3) is 2.06. The average Bonchev–Trinajstić information content (AvgIpc) is 2.47. The SMILES string of the molecule is O=CC1CCN(c2ncc3ccccc3n2)CC1. The van der Waals surface area contributed by atoms with Crippen molar-refractivity contribution < 1.29 is 4.79 Å². The number of carbonyl (C=O) groups is 1. The van der Waals surface area contributed by atoms with Crippen LogP contribution in [-0.2, 0) is 4.79 Å². The van der Waals surface area contributed by atoms with Crippen molar-refractivity contribution in [1.82, 2.24) is 9.97 Å². The van der Waals surface area contributed by atoms with Crippen LogP contribution in [-0.4, -0.2) is 29.3 Å². The molecule has 1 saturated heterocycles. The van der Waals surface area contributed by atoms with Gasteiger partial charge in [-0.1, -0.05) is 18.2 Å². The van der Waals surface area contributed by atoms with Gasteiger partial charge in [-0.15, -0.1) is 0 Å². The van der Waals surface area contributed by atoms with Crippen LogP contribution in [0, 0.1) is 5.92 Å². The largest absolute Gasteiger partial charge is 0.341 e. The maximum absolute atomic E-state index is 10.7. The highest BCUT2D eigenvalue weighted by atomic mass is 16.1. The monoisotopic (exact) mass is 241 g/mol. The number of para-hydroxylation sites is 1. The summed E-state index contributed by atoms with van der Waals surface area (Å²) >= 11 is 0. The van der Waals surface area contributed by atoms with E-state index in [-0.39, 0.29) is 5.92 Å². The van der Waals surface area contributed by atoms with E-state index in [9.17, 15) is 4.79 Å². The molecule has 1 aliphatic heterocycles. The lowest BCUT2D eigenvalue weighted by molar-refractivity contribution is -0.111. The van der Waals surface area contributed by atoms with Gasteiger partial charge in [-0.05, 0) is 18.9 Å². The first-order valence-electron chi connectivity index (χ1n) is 6.29. The topological polar surface area (TPSA) is 46.1 Å². The number of rotatable bonds is 2. The Kier molecular flexibility index (Phi) is 2.92. The van der Waals surface area contributed by atoms with Crippen molar-refractivity contribution in [2.24, 2.45) is 5.92 Å². The molecular weight excluding hydrogens is 226 g/mol. The molecule has 0 unspecified atom stereocenters. The van der Waals surface area contributed by atoms with Crippen molar-refractivity contribution in [2.75, 3.05) is 18.0 Å². The van der Waals surface area contributed by atoms with Gasteiger partial charge in [0.1, 0.15) is 6.29 Å². The molecule has 1 aromatic heterocycles. The summed E-state index contributed by atoms with van der Waals surface area (Å²) in [6.45, 7) is 1.73. The first kappa shape index (κ1) is 11.1. The Morgan fingerprint density at radius 2 is 2.00 bits per heavy atom. The maximum atomic E-state index is 10.7. The van der Waals surface area contributed by atoms with E-state index in [0.29, 0.717) is 0 Å². The molecule has 0 aliphatic carbocycles. The van der Waals surface area contributed by atoms with Gasteiger partial charge in [0, 0.05) is 30.6 Å². The van der Waals surface area contributed by atoms with Crippen molar-refractivity contribution in [3.8, 4) is 0 Å². The standard InChI is InChI=1S/C14H15N3O/c18-10-11-5-7-17(8-6-11)14-15-9-12-3-1-2-4-13(12)16-14/h1-4,9-11H,5-8H2. The third-order valence-corrected chi connectivity index (χ3v) is 3.49. The quantitative estimate of drug-likeness (QED) is 0.755. The Morgan fingerprint density at radius 3 is 2.78 bits per heavy atom. The first-order valence-corrected chi connectivity index (χ1v) is 6.29. The number of anilines is 1. The third-order valence-electron chi connectivity index (χ3n) is 3.49. The molecule has 0 amide bonds. The number of aldehydes is 1. The van der Waals surface area contributed by atoms with Gasteiger partial charge >= 0.3 is 0 Å². The minimum Gasteiger partial charge on any atom is -0.341 e. The zero-order valence-electron chi connectivity index (χ0n) is 10.1. The predicted octanol–water partition coefficient (Wildman–Crippen LogP) is 2.05. The molecule has 18 heavy (non-hydrogen) atoms. The van der Waals surface area contributed by atoms with Gasteiger partial charge in [0.05, 0.1) is 5.52 Å². The molecule has 0 saturated carbocycles. The second-order valence-corrected chi connectivity index (χ2v) is 4.69. The normalized spacial score (nSPS) is 17.0. The smallest absolute Gasteiger partial charge is 0.225 e. The Labute approximate surface area is 106 Å². The number of hydrogen-bond acceptors (Lipinski definition) is 4. The molecule has 0 bridgehead atoms. The van der Waals surface area contributed by atoms with E-state index in [4.69, 9.17) is 0 Å². The van der Waals surface area contributed by atoms with E-state index in [1.165, 1.54) is 0 Å². The van der Waals surface area contributed by atoms with Crippen LogP contribution in [0.5, 0.6) is 0 Å². The van der Waals surface area contributed by atoms with E-state index in [1.54, 1.807) is 0 Å². The average molecular weight is 241 g/mol. The van der Waals surface area contributed by atoms with Crippen LogP contribution in [0.15, 0.2) is 30.5 Å². The zero-order valence-corrected chi connectivity index (χ0v) is 10.1. The van der Waals surface area contributed by atoms with Gasteiger partial charge in [0.25, 0.3) is 0 Å². The van der Waals surface area contributed by atoms with Crippen LogP contribution < -0.4 is 4.90 Å². The molecule has 0 N–H and O–H groups in total. The molecule has 4 heteroatoms. The lowest BCUT2D eigenvalue weighted by atomic mass is 9.99. The molecule has 1 aromatic carbocycles. The van der Waals surface area contributed by atoms with E-state index < -0.39 is 0 Å². The van der Waals surface area contributed by atoms with Gasteiger partial charge in [0.15, 0.2) is 0 Å². The van der Waals surface area contributed by atoms with Crippen LogP contribution in [0.4, 0.5) is 5.95 Å². The fourth-order valence-electron chi connectivity index (χ4n) is 2.35. The summed E-state index contributed by atoms with van der Waals surface area (Å²) in [6, 6.07) is 7.98. The summed E-state index contributed by atoms with van der Waals surface area (Å²) < 4.78 is 0. The van der Waals surface area contributed by atoms with Crippen molar-refractivity contribution >= 4 is 23.1 Å². The highest BCUT2D eigenvalue weighted by Crippen LogP contribution is 2.20. The number of carbonyl (C=O) groups excluding carboxylic acids is 1. The Balaban J connectivity index is 1.84. The van der Waals surface area contributed by atoms with Crippen LogP contribution >= 0.6 is 0 Å². The zero-order chi connectivity index (χ0) is 12.4. The summed E-state index contributed by atoms with van der Waals surface area (Å²) in [5.41, 5.74) is 0.972. The number of nitrogens with zero attached hydrogens (tertiary/aromatic N) is 3. The highest BCUT2D eigenvalue weighted by molar-refractivity contribution is 5.78. The van der Waals surface area contributed by atoms with Crippen molar-refractivity contribution in [3.63, 3.8) is 0 Å². The van der Waals surface area contributed by atoms with Crippen LogP contribution in [0.1, 0.15) is 12.8 Å². The molecular formula is C14H15N3O. The Hall–Kier alpha value is -1.97. The van der Waals surface area contributed by atoms with Gasteiger partial charge in [-0.2, -0.15) is 0 Å². The van der Waals surface area contributed by atoms with Gasteiger partial charge in [-0.25, -0.2) is 9.97 Å². The number of aromatic nitrogens is 2. The summed E-state index contributed by atoms with van der Waals surface area (Å²) in [5, 5.41) is 1.06. The number of hydrogen-bond donors (Lipinski definition) is 0. The summed E-state index contributed by atoms with van der Waals surface area (Å²) in [6.07, 6.45) is 4.74. The Morgan fingerprint density at radius 1 is 1.22 bits per heavy atom. The van der Waals surface area contributed by atoms with Crippen molar-refractivity contribution in [3.05, 3.63) is 30.5 Å². The van der Waals surface area contributed by atoms with Crippen LogP contribution in [0.2, 0.25) is 0 Å². The second kappa shape index (κ2) is 4.72. The highest BCUT2D eigenvalue weighted by Gasteiger charge is 2.20. The summed E-state index contributed by atoms with van der Waals surface area (Å²) in [4.78, 5) is 21.9. The summed E-state index contributed by atoms with van der Waals surface area (Å²) in [7, 11) is 0. The lowest BCUT2D eigenvalue weighted by Crippen LogP contribution is -2.35. The molecule has 92 valence electrons. The molecule has 0 atom stereocenters. The van der Waals surface area contributed by atoms with Gasteiger partial charge in [0.2, 0.25) is 5.95 Å². The molecule has 4 nitrogen and oxygen atoms in total. The molecule has 1 aliphatic rings. The number of benzene rings is 1. The molecule has 2 aromatic rings. The van der Waals surface area contributed by atoms with E-state index >= 15 is 0 Å². The molecule has 2 heterocycles. The molecule has 1 fully saturated rings. The van der Waals surface area contributed by atoms with Crippen LogP contribution in [0.25, 0.3) is 10.9 Å². The van der Waals surface area contributed by atoms with Crippen LogP contribution in [0.3, 0.4) is 0 Å². The molecule has 0 radical (unpaired) electrons. The Bertz CT molecular complexity index is 562. The van der Waals surface area contributed by atoms with Gasteiger partial charge in [-0.3, -0.25) is 0 Å². The fraction of sp³-hybridized carbons (Fsp3) is 0.357. The number of piperidine rings is 1. The van der Waals surface area contributed by atoms with E-state index in [1.807, 2.05) is 30.5 Å². The second-order valence-electron chi connectivity index (χ2n) is 4.69. The lowest BCUT2D eigenvalue weighted by Gasteiger charge is -2.29. The summed E-state index contributed by atoms with van der Waals surface area (Å²) in [5.74, 6) is 0.986. The predicted molar refractivity (Wildman–Crippen MR) is 70.5 cm³/mol. The minimum atomic E-state index is 0.210. The molecule has 3 rings (SSSR count). The van der Waals surface area contributed by atoms with Crippen molar-refractivity contribution in [1.29, 1.82) is 0 Å². The van der Waals surface area contributed by atoms with Gasteiger partial charge < -0.3 is 9.69 Å². The number of fused-ring (bicyclic) bond motifs is 1. The minimum absolute atomic E-state index is 0.210. The first-order chi connectivity index (χ1) is 8.86.